The minimum Gasteiger partial charge on any atom is -0.461 e. The molecule has 0 radical (unpaired) electrons. The Morgan fingerprint density at radius 2 is 1.62 bits per heavy atom. The average Bonchev–Trinajstić information content (AvgIpc) is 3.48. The molecule has 1 aliphatic carbocycles. The summed E-state index contributed by atoms with van der Waals surface area (Å²) in [7, 11) is -1.90. The van der Waals surface area contributed by atoms with E-state index in [1.54, 1.807) is 19.1 Å². The van der Waals surface area contributed by atoms with Crippen LogP contribution in [0.2, 0.25) is 19.6 Å². The normalized spacial score (nSPS) is 13.2. The van der Waals surface area contributed by atoms with Crippen molar-refractivity contribution in [2.75, 3.05) is 19.8 Å². The summed E-state index contributed by atoms with van der Waals surface area (Å²) in [6, 6.07) is 19.7. The van der Waals surface area contributed by atoms with Gasteiger partial charge in [0.05, 0.1) is 20.7 Å². The fourth-order valence-electron chi connectivity index (χ4n) is 5.10. The van der Waals surface area contributed by atoms with Crippen LogP contribution in [-0.2, 0) is 9.47 Å². The fourth-order valence-corrected chi connectivity index (χ4v) is 6.87. The molecule has 2 aromatic carbocycles. The molecule has 192 valence electrons. The molecular weight excluding hydrogens is 480 g/mol. The maximum Gasteiger partial charge on any atom is 0.407 e. The molecule has 0 saturated carbocycles. The van der Waals surface area contributed by atoms with Crippen molar-refractivity contribution >= 4 is 20.1 Å². The summed E-state index contributed by atoms with van der Waals surface area (Å²) >= 11 is 0. The minimum atomic E-state index is -1.90. The highest BCUT2D eigenvalue weighted by Crippen LogP contribution is 2.44. The summed E-state index contributed by atoms with van der Waals surface area (Å²) in [5.74, 6) is -0.419. The number of carbonyl (C=O) groups is 2. The zero-order valence-corrected chi connectivity index (χ0v) is 22.9. The fraction of sp³-hybridized carbons (Fsp3) is 0.300. The number of benzene rings is 2. The number of ether oxygens (including phenoxy) is 2. The first-order chi connectivity index (χ1) is 17.8. The van der Waals surface area contributed by atoms with Crippen LogP contribution in [0, 0.1) is 0 Å². The third-order valence-corrected chi connectivity index (χ3v) is 8.84. The SMILES string of the molecule is C=C=C([C@@H](CNC(=O)OCC1c2ccccc2-c2ccccc21)n1cccc1C(=O)OCC)[Si](C)(C)C. The van der Waals surface area contributed by atoms with Crippen LogP contribution in [0.1, 0.15) is 40.5 Å². The van der Waals surface area contributed by atoms with E-state index in [0.717, 1.165) is 16.3 Å². The van der Waals surface area contributed by atoms with Crippen molar-refractivity contribution in [1.82, 2.24) is 9.88 Å². The van der Waals surface area contributed by atoms with Crippen LogP contribution in [0.25, 0.3) is 11.1 Å². The van der Waals surface area contributed by atoms with Crippen LogP contribution in [0.5, 0.6) is 0 Å². The Labute approximate surface area is 219 Å². The highest BCUT2D eigenvalue weighted by molar-refractivity contribution is 6.83. The minimum absolute atomic E-state index is 0.0144. The van der Waals surface area contributed by atoms with Crippen LogP contribution in [0.4, 0.5) is 4.79 Å². The lowest BCUT2D eigenvalue weighted by atomic mass is 9.98. The van der Waals surface area contributed by atoms with Crippen LogP contribution < -0.4 is 5.32 Å². The number of esters is 1. The Morgan fingerprint density at radius 1 is 1.00 bits per heavy atom. The molecule has 0 aliphatic heterocycles. The topological polar surface area (TPSA) is 69.6 Å². The van der Waals surface area contributed by atoms with E-state index in [4.69, 9.17) is 9.47 Å². The number of alkyl carbamates (subject to hydrolysis) is 1. The molecule has 1 atom stereocenters. The molecule has 1 aliphatic rings. The quantitative estimate of drug-likeness (QED) is 0.206. The van der Waals surface area contributed by atoms with Gasteiger partial charge in [-0.3, -0.25) is 0 Å². The number of hydrogen-bond donors (Lipinski definition) is 1. The molecule has 0 spiro atoms. The van der Waals surface area contributed by atoms with Crippen molar-refractivity contribution < 1.29 is 19.1 Å². The van der Waals surface area contributed by atoms with Gasteiger partial charge in [0.1, 0.15) is 12.3 Å². The number of nitrogens with zero attached hydrogens (tertiary/aromatic N) is 1. The van der Waals surface area contributed by atoms with Gasteiger partial charge >= 0.3 is 12.1 Å². The second-order valence-corrected chi connectivity index (χ2v) is 15.1. The molecule has 0 unspecified atom stereocenters. The molecule has 4 rings (SSSR count). The third-order valence-electron chi connectivity index (χ3n) is 6.71. The van der Waals surface area contributed by atoms with Crippen LogP contribution in [-0.4, -0.2) is 44.5 Å². The molecular formula is C30H34N2O4Si. The van der Waals surface area contributed by atoms with Gasteiger partial charge in [0.2, 0.25) is 0 Å². The van der Waals surface area contributed by atoms with Gasteiger partial charge in [0.25, 0.3) is 0 Å². The van der Waals surface area contributed by atoms with E-state index in [0.29, 0.717) is 5.69 Å². The molecule has 0 bridgehead atoms. The number of aromatic nitrogens is 1. The van der Waals surface area contributed by atoms with Crippen molar-refractivity contribution in [3.63, 3.8) is 0 Å². The maximum absolute atomic E-state index is 12.9. The summed E-state index contributed by atoms with van der Waals surface area (Å²) in [5.41, 5.74) is 8.23. The third kappa shape index (κ3) is 5.48. The number of carbonyl (C=O) groups excluding carboxylic acids is 2. The highest BCUT2D eigenvalue weighted by Gasteiger charge is 2.32. The van der Waals surface area contributed by atoms with Gasteiger partial charge in [-0.2, -0.15) is 0 Å². The second-order valence-electron chi connectivity index (χ2n) is 10.1. The van der Waals surface area contributed by atoms with Crippen LogP contribution in [0.3, 0.4) is 0 Å². The van der Waals surface area contributed by atoms with Gasteiger partial charge in [-0.05, 0) is 46.5 Å². The lowest BCUT2D eigenvalue weighted by molar-refractivity contribution is 0.0512. The van der Waals surface area contributed by atoms with E-state index < -0.39 is 20.1 Å². The molecule has 37 heavy (non-hydrogen) atoms. The zero-order chi connectivity index (χ0) is 26.6. The number of hydrogen-bond acceptors (Lipinski definition) is 4. The van der Waals surface area contributed by atoms with E-state index in [9.17, 15) is 9.59 Å². The first kappa shape index (κ1) is 26.3. The van der Waals surface area contributed by atoms with Crippen LogP contribution in [0.15, 0.2) is 84.4 Å². The first-order valence-electron chi connectivity index (χ1n) is 12.6. The number of rotatable bonds is 9. The lowest BCUT2D eigenvalue weighted by Crippen LogP contribution is -2.39. The Kier molecular flexibility index (Phi) is 7.86. The van der Waals surface area contributed by atoms with Gasteiger partial charge < -0.3 is 19.4 Å². The maximum atomic E-state index is 12.9. The number of fused-ring (bicyclic) bond motifs is 3. The van der Waals surface area contributed by atoms with E-state index in [1.807, 2.05) is 35.0 Å². The Bertz CT molecular complexity index is 1300. The Hall–Kier alpha value is -3.80. The Balaban J connectivity index is 1.50. The van der Waals surface area contributed by atoms with Crippen molar-refractivity contribution in [2.45, 2.75) is 38.5 Å². The van der Waals surface area contributed by atoms with Gasteiger partial charge in [-0.25, -0.2) is 9.59 Å². The van der Waals surface area contributed by atoms with E-state index in [2.05, 4.69) is 61.5 Å². The predicted molar refractivity (Wildman–Crippen MR) is 148 cm³/mol. The smallest absolute Gasteiger partial charge is 0.407 e. The van der Waals surface area contributed by atoms with Gasteiger partial charge in [0.15, 0.2) is 0 Å². The van der Waals surface area contributed by atoms with Crippen molar-refractivity contribution in [2.24, 2.45) is 0 Å². The molecule has 1 heterocycles. The summed E-state index contributed by atoms with van der Waals surface area (Å²) in [6.45, 7) is 13.0. The molecule has 3 aromatic rings. The summed E-state index contributed by atoms with van der Waals surface area (Å²) < 4.78 is 12.8. The Morgan fingerprint density at radius 3 is 2.19 bits per heavy atom. The molecule has 0 fully saturated rings. The van der Waals surface area contributed by atoms with E-state index in [-0.39, 0.29) is 31.7 Å². The summed E-state index contributed by atoms with van der Waals surface area (Å²) in [6.07, 6.45) is 1.32. The predicted octanol–water partition coefficient (Wildman–Crippen LogP) is 6.33. The van der Waals surface area contributed by atoms with Crippen molar-refractivity contribution in [1.29, 1.82) is 0 Å². The van der Waals surface area contributed by atoms with Crippen molar-refractivity contribution in [3.05, 3.63) is 101 Å². The number of nitrogens with one attached hydrogen (secondary N) is 1. The van der Waals surface area contributed by atoms with Crippen LogP contribution >= 0.6 is 0 Å². The molecule has 6 nitrogen and oxygen atoms in total. The number of amides is 1. The van der Waals surface area contributed by atoms with E-state index >= 15 is 0 Å². The average molecular weight is 515 g/mol. The largest absolute Gasteiger partial charge is 0.461 e. The lowest BCUT2D eigenvalue weighted by Gasteiger charge is -2.30. The summed E-state index contributed by atoms with van der Waals surface area (Å²) in [4.78, 5) is 25.5. The van der Waals surface area contributed by atoms with E-state index in [1.165, 1.54) is 11.1 Å². The highest BCUT2D eigenvalue weighted by atomic mass is 28.3. The first-order valence-corrected chi connectivity index (χ1v) is 16.1. The van der Waals surface area contributed by atoms with Gasteiger partial charge in [-0.1, -0.05) is 74.8 Å². The van der Waals surface area contributed by atoms with Crippen molar-refractivity contribution in [3.8, 4) is 11.1 Å². The van der Waals surface area contributed by atoms with Gasteiger partial charge in [0, 0.05) is 18.7 Å². The summed E-state index contributed by atoms with van der Waals surface area (Å²) in [5, 5.41) is 3.92. The molecule has 7 heteroatoms. The van der Waals surface area contributed by atoms with Gasteiger partial charge in [-0.15, -0.1) is 5.73 Å². The molecule has 1 N–H and O–H groups in total. The standard InChI is InChI=1S/C30H34N2O4Si/c1-6-28(37(3,4)5)27(32-18-12-17-26(32)29(33)35-7-2)19-31-30(34)36-20-25-23-15-10-8-13-21(23)22-14-9-11-16-24(22)25/h8-18,25,27H,1,7,19-20H2,2-5H3,(H,31,34)/t27-/m1/s1. The molecule has 1 aromatic heterocycles. The zero-order valence-electron chi connectivity index (χ0n) is 21.9. The molecule has 0 saturated heterocycles. The monoisotopic (exact) mass is 514 g/mol. The molecule has 1 amide bonds. The second kappa shape index (κ2) is 11.1.